The molecule has 1 aliphatic heterocycles. The number of hydrogen-bond acceptors (Lipinski definition) is 4. The molecule has 0 aliphatic carbocycles. The third-order valence-corrected chi connectivity index (χ3v) is 5.64. The molecule has 0 saturated heterocycles. The van der Waals surface area contributed by atoms with Crippen molar-refractivity contribution >= 4 is 35.0 Å². The third kappa shape index (κ3) is 3.81. The molecule has 5 nitrogen and oxygen atoms in total. The maximum absolute atomic E-state index is 13.0. The van der Waals surface area contributed by atoms with Crippen molar-refractivity contribution in [2.75, 3.05) is 23.1 Å². The molecule has 2 aromatic carbocycles. The van der Waals surface area contributed by atoms with Crippen molar-refractivity contribution in [3.8, 4) is 5.75 Å². The molecule has 0 radical (unpaired) electrons. The lowest BCUT2D eigenvalue weighted by atomic mass is 9.96. The summed E-state index contributed by atoms with van der Waals surface area (Å²) in [5.74, 6) is 1.50. The summed E-state index contributed by atoms with van der Waals surface area (Å²) in [5, 5.41) is 2.88. The first kappa shape index (κ1) is 19.3. The third-order valence-electron chi connectivity index (χ3n) is 4.68. The lowest BCUT2D eigenvalue weighted by Crippen LogP contribution is -2.58. The monoisotopic (exact) mass is 384 g/mol. The largest absolute Gasteiger partial charge is 0.496 e. The van der Waals surface area contributed by atoms with E-state index in [2.05, 4.69) is 11.4 Å². The van der Waals surface area contributed by atoms with Crippen LogP contribution in [0.4, 0.5) is 11.4 Å². The van der Waals surface area contributed by atoms with Crippen LogP contribution in [0.25, 0.3) is 0 Å². The first-order valence-corrected chi connectivity index (χ1v) is 9.95. The number of fused-ring (bicyclic) bond motifs is 1. The van der Waals surface area contributed by atoms with Gasteiger partial charge in [-0.15, -0.1) is 11.8 Å². The Morgan fingerprint density at radius 1 is 1.22 bits per heavy atom. The van der Waals surface area contributed by atoms with Gasteiger partial charge in [0.2, 0.25) is 11.8 Å². The summed E-state index contributed by atoms with van der Waals surface area (Å²) in [5.41, 5.74) is 2.68. The molecule has 1 heterocycles. The van der Waals surface area contributed by atoms with Crippen LogP contribution in [0.2, 0.25) is 0 Å². The van der Waals surface area contributed by atoms with Crippen LogP contribution in [0.3, 0.4) is 0 Å². The van der Waals surface area contributed by atoms with Crippen molar-refractivity contribution in [3.05, 3.63) is 53.6 Å². The highest BCUT2D eigenvalue weighted by molar-refractivity contribution is 7.99. The van der Waals surface area contributed by atoms with Crippen molar-refractivity contribution in [2.45, 2.75) is 32.1 Å². The fourth-order valence-electron chi connectivity index (χ4n) is 3.23. The standard InChI is InChI=1S/C21H24N2O3S/c1-14-9-10-18(26-4)15(11-14)12-27-13-19(24)23-17-8-6-5-7-16(17)22-20(25)21(23,2)3/h5-11H,12-13H2,1-4H3,(H,22,25). The SMILES string of the molecule is COc1ccc(C)cc1CSCC(=O)N1c2ccccc2NC(=O)C1(C)C. The Bertz CT molecular complexity index is 879. The fraction of sp³-hybridized carbons (Fsp3) is 0.333. The molecule has 2 aromatic rings. The van der Waals surface area contributed by atoms with E-state index in [-0.39, 0.29) is 17.6 Å². The molecule has 27 heavy (non-hydrogen) atoms. The molecule has 0 aromatic heterocycles. The lowest BCUT2D eigenvalue weighted by Gasteiger charge is -2.42. The Kier molecular flexibility index (Phi) is 5.46. The average Bonchev–Trinajstić information content (AvgIpc) is 2.62. The molecule has 142 valence electrons. The van der Waals surface area contributed by atoms with Crippen LogP contribution < -0.4 is 15.0 Å². The van der Waals surface area contributed by atoms with E-state index in [9.17, 15) is 9.59 Å². The summed E-state index contributed by atoms with van der Waals surface area (Å²) in [6.45, 7) is 5.57. The molecule has 0 spiro atoms. The van der Waals surface area contributed by atoms with Gasteiger partial charge in [0.05, 0.1) is 24.2 Å². The Morgan fingerprint density at radius 2 is 1.96 bits per heavy atom. The molecule has 0 fully saturated rings. The number of carbonyl (C=O) groups excluding carboxylic acids is 2. The number of thioether (sulfide) groups is 1. The smallest absolute Gasteiger partial charge is 0.250 e. The predicted octanol–water partition coefficient (Wildman–Crippen LogP) is 4.00. The minimum atomic E-state index is -0.937. The predicted molar refractivity (Wildman–Crippen MR) is 111 cm³/mol. The van der Waals surface area contributed by atoms with Crippen molar-refractivity contribution in [2.24, 2.45) is 0 Å². The zero-order valence-electron chi connectivity index (χ0n) is 16.0. The molecule has 6 heteroatoms. The topological polar surface area (TPSA) is 58.6 Å². The fourth-order valence-corrected chi connectivity index (χ4v) is 4.08. The van der Waals surface area contributed by atoms with Gasteiger partial charge in [-0.2, -0.15) is 0 Å². The summed E-state index contributed by atoms with van der Waals surface area (Å²) < 4.78 is 5.41. The molecule has 0 saturated carbocycles. The summed E-state index contributed by atoms with van der Waals surface area (Å²) >= 11 is 1.52. The van der Waals surface area contributed by atoms with Crippen LogP contribution in [-0.4, -0.2) is 30.2 Å². The summed E-state index contributed by atoms with van der Waals surface area (Å²) in [6.07, 6.45) is 0. The van der Waals surface area contributed by atoms with Gasteiger partial charge < -0.3 is 10.1 Å². The molecule has 0 bridgehead atoms. The number of nitrogens with one attached hydrogen (secondary N) is 1. The summed E-state index contributed by atoms with van der Waals surface area (Å²) in [6, 6.07) is 13.4. The number of benzene rings is 2. The van der Waals surface area contributed by atoms with Crippen LogP contribution in [0.5, 0.6) is 5.75 Å². The molecule has 1 aliphatic rings. The molecule has 2 amide bonds. The van der Waals surface area contributed by atoms with Crippen LogP contribution in [0, 0.1) is 6.92 Å². The number of methoxy groups -OCH3 is 1. The molecule has 0 unspecified atom stereocenters. The average molecular weight is 385 g/mol. The Balaban J connectivity index is 1.76. The first-order chi connectivity index (χ1) is 12.8. The number of ether oxygens (including phenoxy) is 1. The minimum Gasteiger partial charge on any atom is -0.496 e. The van der Waals surface area contributed by atoms with E-state index in [1.54, 1.807) is 25.9 Å². The van der Waals surface area contributed by atoms with Gasteiger partial charge in [0, 0.05) is 11.3 Å². The van der Waals surface area contributed by atoms with E-state index in [0.29, 0.717) is 11.4 Å². The van der Waals surface area contributed by atoms with Gasteiger partial charge in [0.25, 0.3) is 0 Å². The van der Waals surface area contributed by atoms with Crippen molar-refractivity contribution in [1.29, 1.82) is 0 Å². The van der Waals surface area contributed by atoms with E-state index < -0.39 is 5.54 Å². The first-order valence-electron chi connectivity index (χ1n) is 8.79. The number of rotatable bonds is 5. The quantitative estimate of drug-likeness (QED) is 0.846. The number of nitrogens with zero attached hydrogens (tertiary/aromatic N) is 1. The number of hydrogen-bond donors (Lipinski definition) is 1. The van der Waals surface area contributed by atoms with Gasteiger partial charge in [-0.05, 0) is 39.0 Å². The van der Waals surface area contributed by atoms with Gasteiger partial charge in [-0.1, -0.05) is 29.8 Å². The maximum Gasteiger partial charge on any atom is 0.250 e. The lowest BCUT2D eigenvalue weighted by molar-refractivity contribution is -0.125. The Morgan fingerprint density at radius 3 is 2.70 bits per heavy atom. The summed E-state index contributed by atoms with van der Waals surface area (Å²) in [4.78, 5) is 27.1. The van der Waals surface area contributed by atoms with E-state index in [4.69, 9.17) is 4.74 Å². The zero-order valence-corrected chi connectivity index (χ0v) is 16.9. The Labute approximate surface area is 164 Å². The zero-order chi connectivity index (χ0) is 19.6. The number of anilines is 2. The number of amides is 2. The maximum atomic E-state index is 13.0. The van der Waals surface area contributed by atoms with Crippen LogP contribution in [0.1, 0.15) is 25.0 Å². The second kappa shape index (κ2) is 7.64. The minimum absolute atomic E-state index is 0.0843. The molecule has 1 N–H and O–H groups in total. The van der Waals surface area contributed by atoms with Crippen molar-refractivity contribution in [1.82, 2.24) is 0 Å². The number of carbonyl (C=O) groups is 2. The number of aryl methyl sites for hydroxylation is 1. The van der Waals surface area contributed by atoms with E-state index >= 15 is 0 Å². The van der Waals surface area contributed by atoms with E-state index in [0.717, 1.165) is 22.6 Å². The van der Waals surface area contributed by atoms with Gasteiger partial charge >= 0.3 is 0 Å². The van der Waals surface area contributed by atoms with E-state index in [1.165, 1.54) is 11.8 Å². The highest BCUT2D eigenvalue weighted by Crippen LogP contribution is 2.37. The van der Waals surface area contributed by atoms with Crippen LogP contribution in [-0.2, 0) is 15.3 Å². The normalized spacial score (nSPS) is 15.1. The van der Waals surface area contributed by atoms with Gasteiger partial charge in [0.1, 0.15) is 11.3 Å². The Hall–Kier alpha value is -2.47. The van der Waals surface area contributed by atoms with Crippen LogP contribution >= 0.6 is 11.8 Å². The molecule has 3 rings (SSSR count). The second-order valence-corrected chi connectivity index (χ2v) is 8.05. The highest BCUT2D eigenvalue weighted by Gasteiger charge is 2.43. The molecule has 0 atom stereocenters. The van der Waals surface area contributed by atoms with Crippen LogP contribution in [0.15, 0.2) is 42.5 Å². The van der Waals surface area contributed by atoms with Gasteiger partial charge in [0.15, 0.2) is 0 Å². The highest BCUT2D eigenvalue weighted by atomic mass is 32.2. The van der Waals surface area contributed by atoms with Crippen molar-refractivity contribution < 1.29 is 14.3 Å². The van der Waals surface area contributed by atoms with Gasteiger partial charge in [-0.25, -0.2) is 0 Å². The molecular formula is C21H24N2O3S. The number of para-hydroxylation sites is 2. The van der Waals surface area contributed by atoms with Crippen molar-refractivity contribution in [3.63, 3.8) is 0 Å². The molecular weight excluding hydrogens is 360 g/mol. The second-order valence-electron chi connectivity index (χ2n) is 7.07. The van der Waals surface area contributed by atoms with Gasteiger partial charge in [-0.3, -0.25) is 14.5 Å². The van der Waals surface area contributed by atoms with E-state index in [1.807, 2.05) is 43.3 Å². The summed E-state index contributed by atoms with van der Waals surface area (Å²) in [7, 11) is 1.65.